The molecule has 0 aliphatic carbocycles. The van der Waals surface area contributed by atoms with Crippen molar-refractivity contribution in [1.29, 1.82) is 0 Å². The van der Waals surface area contributed by atoms with Gasteiger partial charge in [0, 0.05) is 24.5 Å². The summed E-state index contributed by atoms with van der Waals surface area (Å²) in [5, 5.41) is 3.19. The van der Waals surface area contributed by atoms with Gasteiger partial charge in [-0.1, -0.05) is 31.4 Å². The number of unbranched alkanes of at least 4 members (excludes halogenated alkanes) is 2. The number of methoxy groups -OCH3 is 1. The molecular formula is C16H25ClN2O4S. The summed E-state index contributed by atoms with van der Waals surface area (Å²) in [7, 11) is -2.13. The van der Waals surface area contributed by atoms with Crippen LogP contribution in [-0.4, -0.2) is 40.8 Å². The van der Waals surface area contributed by atoms with Crippen LogP contribution in [0.25, 0.3) is 0 Å². The van der Waals surface area contributed by atoms with E-state index in [1.807, 2.05) is 0 Å². The summed E-state index contributed by atoms with van der Waals surface area (Å²) in [5.74, 6) is 0.203. The van der Waals surface area contributed by atoms with Crippen molar-refractivity contribution in [1.82, 2.24) is 5.32 Å². The Labute approximate surface area is 149 Å². The number of carbonyl (C=O) groups excluding carboxylic acids is 1. The minimum Gasteiger partial charge on any atom is -0.495 e. The van der Waals surface area contributed by atoms with Gasteiger partial charge >= 0.3 is 0 Å². The fraction of sp³-hybridized carbons (Fsp3) is 0.562. The number of hydrogen-bond acceptors (Lipinski definition) is 4. The molecule has 0 spiro atoms. The predicted molar refractivity (Wildman–Crippen MR) is 97.3 cm³/mol. The van der Waals surface area contributed by atoms with Crippen LogP contribution in [0.5, 0.6) is 5.75 Å². The lowest BCUT2D eigenvalue weighted by Gasteiger charge is -2.24. The lowest BCUT2D eigenvalue weighted by Crippen LogP contribution is -2.35. The first kappa shape index (κ1) is 20.6. The second-order valence-corrected chi connectivity index (χ2v) is 7.80. The van der Waals surface area contributed by atoms with Crippen molar-refractivity contribution in [3.8, 4) is 5.75 Å². The van der Waals surface area contributed by atoms with E-state index in [0.29, 0.717) is 23.0 Å². The first-order chi connectivity index (χ1) is 11.3. The maximum Gasteiger partial charge on any atom is 0.232 e. The van der Waals surface area contributed by atoms with Crippen LogP contribution in [0.1, 0.15) is 32.6 Å². The number of nitrogens with zero attached hydrogens (tertiary/aromatic N) is 1. The van der Waals surface area contributed by atoms with E-state index in [0.717, 1.165) is 29.8 Å². The highest BCUT2D eigenvalue weighted by Crippen LogP contribution is 2.32. The van der Waals surface area contributed by atoms with Crippen LogP contribution in [0.3, 0.4) is 0 Å². The molecule has 0 aromatic heterocycles. The van der Waals surface area contributed by atoms with E-state index in [-0.39, 0.29) is 18.9 Å². The number of carbonyl (C=O) groups is 1. The number of rotatable bonds is 10. The van der Waals surface area contributed by atoms with E-state index >= 15 is 0 Å². The predicted octanol–water partition coefficient (Wildman–Crippen LogP) is 2.81. The van der Waals surface area contributed by atoms with Crippen molar-refractivity contribution < 1.29 is 17.9 Å². The normalized spacial score (nSPS) is 11.2. The molecule has 1 aromatic rings. The minimum atomic E-state index is -3.58. The van der Waals surface area contributed by atoms with Crippen molar-refractivity contribution in [2.24, 2.45) is 0 Å². The van der Waals surface area contributed by atoms with Gasteiger partial charge in [-0.05, 0) is 24.6 Å². The Kier molecular flexibility index (Phi) is 8.35. The summed E-state index contributed by atoms with van der Waals surface area (Å²) in [6, 6.07) is 4.73. The van der Waals surface area contributed by atoms with Gasteiger partial charge in [0.1, 0.15) is 5.75 Å². The Hall–Kier alpha value is -1.47. The number of sulfonamides is 1. The van der Waals surface area contributed by atoms with Gasteiger partial charge in [-0.15, -0.1) is 0 Å². The third-order valence-electron chi connectivity index (χ3n) is 3.45. The van der Waals surface area contributed by atoms with Crippen molar-refractivity contribution in [2.75, 3.05) is 30.8 Å². The van der Waals surface area contributed by atoms with Crippen molar-refractivity contribution in [3.63, 3.8) is 0 Å². The molecule has 1 rings (SSSR count). The van der Waals surface area contributed by atoms with Gasteiger partial charge in [0.05, 0.1) is 19.1 Å². The monoisotopic (exact) mass is 376 g/mol. The number of nitrogens with one attached hydrogen (secondary N) is 1. The van der Waals surface area contributed by atoms with E-state index in [1.165, 1.54) is 13.2 Å². The zero-order chi connectivity index (χ0) is 18.2. The van der Waals surface area contributed by atoms with Crippen LogP contribution in [0.15, 0.2) is 18.2 Å². The minimum absolute atomic E-state index is 0.0230. The quantitative estimate of drug-likeness (QED) is 0.637. The van der Waals surface area contributed by atoms with Crippen LogP contribution in [0.4, 0.5) is 5.69 Å². The third kappa shape index (κ3) is 6.57. The molecule has 0 fully saturated rings. The fourth-order valence-corrected chi connectivity index (χ4v) is 3.31. The summed E-state index contributed by atoms with van der Waals surface area (Å²) in [5.41, 5.74) is 0.325. The Balaban J connectivity index is 2.82. The smallest absolute Gasteiger partial charge is 0.232 e. The van der Waals surface area contributed by atoms with Crippen LogP contribution >= 0.6 is 11.6 Å². The van der Waals surface area contributed by atoms with E-state index in [2.05, 4.69) is 12.2 Å². The van der Waals surface area contributed by atoms with Crippen molar-refractivity contribution in [2.45, 2.75) is 32.6 Å². The summed E-state index contributed by atoms with van der Waals surface area (Å²) >= 11 is 5.97. The molecule has 0 heterocycles. The topological polar surface area (TPSA) is 75.7 Å². The Bertz CT molecular complexity index is 649. The largest absolute Gasteiger partial charge is 0.495 e. The average Bonchev–Trinajstić information content (AvgIpc) is 2.50. The van der Waals surface area contributed by atoms with Gasteiger partial charge in [-0.25, -0.2) is 8.42 Å². The van der Waals surface area contributed by atoms with Gasteiger partial charge in [0.15, 0.2) is 0 Å². The Morgan fingerprint density at radius 2 is 2.04 bits per heavy atom. The molecular weight excluding hydrogens is 352 g/mol. The molecule has 1 N–H and O–H groups in total. The Morgan fingerprint density at radius 1 is 1.33 bits per heavy atom. The molecule has 24 heavy (non-hydrogen) atoms. The zero-order valence-electron chi connectivity index (χ0n) is 14.3. The van der Waals surface area contributed by atoms with Crippen LogP contribution < -0.4 is 14.4 Å². The van der Waals surface area contributed by atoms with Crippen molar-refractivity contribution >= 4 is 33.2 Å². The molecule has 0 aliphatic rings. The highest BCUT2D eigenvalue weighted by atomic mass is 35.5. The number of benzene rings is 1. The summed E-state index contributed by atoms with van der Waals surface area (Å²) in [6.45, 7) is 2.71. The van der Waals surface area contributed by atoms with Crippen LogP contribution in [0, 0.1) is 0 Å². The highest BCUT2D eigenvalue weighted by molar-refractivity contribution is 7.92. The number of halogens is 1. The molecule has 0 saturated heterocycles. The van der Waals surface area contributed by atoms with Gasteiger partial charge < -0.3 is 10.1 Å². The first-order valence-electron chi connectivity index (χ1n) is 7.87. The SMILES string of the molecule is CCCCCNC(=O)CCN(c1cc(Cl)ccc1OC)S(C)(=O)=O. The molecule has 0 radical (unpaired) electrons. The third-order valence-corrected chi connectivity index (χ3v) is 4.87. The lowest BCUT2D eigenvalue weighted by molar-refractivity contribution is -0.120. The molecule has 1 amide bonds. The lowest BCUT2D eigenvalue weighted by atomic mass is 10.2. The van der Waals surface area contributed by atoms with Crippen LogP contribution in [0.2, 0.25) is 5.02 Å². The second kappa shape index (κ2) is 9.74. The number of ether oxygens (including phenoxy) is 1. The molecule has 1 aromatic carbocycles. The van der Waals surface area contributed by atoms with E-state index in [9.17, 15) is 13.2 Å². The number of hydrogen-bond donors (Lipinski definition) is 1. The van der Waals surface area contributed by atoms with E-state index in [1.54, 1.807) is 12.1 Å². The van der Waals surface area contributed by atoms with Crippen molar-refractivity contribution in [3.05, 3.63) is 23.2 Å². The highest BCUT2D eigenvalue weighted by Gasteiger charge is 2.22. The number of amides is 1. The van der Waals surface area contributed by atoms with E-state index in [4.69, 9.17) is 16.3 Å². The number of anilines is 1. The fourth-order valence-electron chi connectivity index (χ4n) is 2.22. The average molecular weight is 377 g/mol. The molecule has 0 saturated carbocycles. The van der Waals surface area contributed by atoms with Gasteiger partial charge in [0.2, 0.25) is 15.9 Å². The molecule has 8 heteroatoms. The molecule has 6 nitrogen and oxygen atoms in total. The van der Waals surface area contributed by atoms with Gasteiger partial charge in [-0.2, -0.15) is 0 Å². The summed E-state index contributed by atoms with van der Waals surface area (Å²) in [6.07, 6.45) is 4.20. The van der Waals surface area contributed by atoms with Gasteiger partial charge in [-0.3, -0.25) is 9.10 Å². The van der Waals surface area contributed by atoms with E-state index < -0.39 is 10.0 Å². The Morgan fingerprint density at radius 3 is 2.62 bits per heavy atom. The maximum atomic E-state index is 12.1. The zero-order valence-corrected chi connectivity index (χ0v) is 15.9. The molecule has 0 bridgehead atoms. The standard InChI is InChI=1S/C16H25ClN2O4S/c1-4-5-6-10-18-16(20)9-11-19(24(3,21)22)14-12-13(17)7-8-15(14)23-2/h7-8,12H,4-6,9-11H2,1-3H3,(H,18,20). The summed E-state index contributed by atoms with van der Waals surface area (Å²) < 4.78 is 30.6. The second-order valence-electron chi connectivity index (χ2n) is 5.46. The van der Waals surface area contributed by atoms with Crippen LogP contribution in [-0.2, 0) is 14.8 Å². The molecule has 0 unspecified atom stereocenters. The molecule has 0 atom stereocenters. The van der Waals surface area contributed by atoms with Gasteiger partial charge in [0.25, 0.3) is 0 Å². The molecule has 136 valence electrons. The first-order valence-corrected chi connectivity index (χ1v) is 10.1. The summed E-state index contributed by atoms with van der Waals surface area (Å²) in [4.78, 5) is 11.9. The maximum absolute atomic E-state index is 12.1. The molecule has 0 aliphatic heterocycles.